The molecule has 0 bridgehead atoms. The molecule has 0 unspecified atom stereocenters. The van der Waals surface area contributed by atoms with Gasteiger partial charge in [-0.25, -0.2) is 9.97 Å². The molecule has 158 valence electrons. The van der Waals surface area contributed by atoms with Gasteiger partial charge in [0.05, 0.1) is 24.3 Å². The molecular weight excluding hydrogens is 394 g/mol. The number of fused-ring (bicyclic) bond motifs is 2. The van der Waals surface area contributed by atoms with Gasteiger partial charge in [-0.2, -0.15) is 0 Å². The van der Waals surface area contributed by atoms with Gasteiger partial charge in [0.25, 0.3) is 11.1 Å². The number of hydrogen-bond donors (Lipinski definition) is 0. The van der Waals surface area contributed by atoms with Gasteiger partial charge in [-0.05, 0) is 43.0 Å². The number of nitrogens with zero attached hydrogens (tertiary/aromatic N) is 5. The number of benzene rings is 1. The van der Waals surface area contributed by atoms with Crippen molar-refractivity contribution in [1.29, 1.82) is 0 Å². The molecule has 1 aromatic carbocycles. The van der Waals surface area contributed by atoms with Crippen LogP contribution in [0.1, 0.15) is 12.8 Å². The maximum absolute atomic E-state index is 12.9. The molecule has 0 N–H and O–H groups in total. The molecule has 3 aromatic heterocycles. The van der Waals surface area contributed by atoms with Crippen molar-refractivity contribution in [1.82, 2.24) is 18.9 Å². The molecule has 1 fully saturated rings. The minimum Gasteiger partial charge on any atom is -0.497 e. The molecule has 0 atom stereocenters. The summed E-state index contributed by atoms with van der Waals surface area (Å²) < 4.78 is 8.46. The van der Waals surface area contributed by atoms with Crippen LogP contribution in [0.3, 0.4) is 0 Å². The van der Waals surface area contributed by atoms with Crippen LogP contribution >= 0.6 is 0 Å². The van der Waals surface area contributed by atoms with E-state index in [-0.39, 0.29) is 11.1 Å². The topological polar surface area (TPSA) is 81.7 Å². The average molecular weight is 417 g/mol. The highest BCUT2D eigenvalue weighted by atomic mass is 16.5. The minimum atomic E-state index is -0.0758. The molecule has 0 radical (unpaired) electrons. The second kappa shape index (κ2) is 7.86. The van der Waals surface area contributed by atoms with Gasteiger partial charge in [-0.15, -0.1) is 0 Å². The van der Waals surface area contributed by atoms with E-state index in [1.54, 1.807) is 52.9 Å². The monoisotopic (exact) mass is 417 g/mol. The van der Waals surface area contributed by atoms with Crippen LogP contribution in [0.25, 0.3) is 16.6 Å². The maximum Gasteiger partial charge on any atom is 0.261 e. The molecule has 0 spiro atoms. The fourth-order valence-corrected chi connectivity index (χ4v) is 4.22. The molecule has 31 heavy (non-hydrogen) atoms. The molecule has 1 saturated heterocycles. The van der Waals surface area contributed by atoms with E-state index >= 15 is 0 Å². The van der Waals surface area contributed by atoms with Crippen LogP contribution in [0, 0.1) is 5.92 Å². The Hall–Kier alpha value is -3.68. The Labute approximate surface area is 178 Å². The number of piperidine rings is 1. The zero-order valence-electron chi connectivity index (χ0n) is 17.3. The summed E-state index contributed by atoms with van der Waals surface area (Å²) in [4.78, 5) is 36.5. The normalized spacial score (nSPS) is 14.9. The number of pyridine rings is 1. The summed E-state index contributed by atoms with van der Waals surface area (Å²) in [5.41, 5.74) is 1.19. The molecule has 8 heteroatoms. The molecule has 0 saturated carbocycles. The first kappa shape index (κ1) is 19.3. The fourth-order valence-electron chi connectivity index (χ4n) is 4.22. The Bertz CT molecular complexity index is 1370. The van der Waals surface area contributed by atoms with Crippen LogP contribution < -0.4 is 20.8 Å². The van der Waals surface area contributed by atoms with Crippen molar-refractivity contribution >= 4 is 22.4 Å². The van der Waals surface area contributed by atoms with Gasteiger partial charge in [0.2, 0.25) is 0 Å². The van der Waals surface area contributed by atoms with Gasteiger partial charge in [0, 0.05) is 38.0 Å². The summed E-state index contributed by atoms with van der Waals surface area (Å²) in [7, 11) is 1.60. The highest BCUT2D eigenvalue weighted by Crippen LogP contribution is 2.23. The number of ether oxygens (including phenoxy) is 1. The van der Waals surface area contributed by atoms with E-state index in [0.29, 0.717) is 40.6 Å². The van der Waals surface area contributed by atoms with Crippen molar-refractivity contribution < 1.29 is 4.74 Å². The fraction of sp³-hybridized carbons (Fsp3) is 0.304. The van der Waals surface area contributed by atoms with Gasteiger partial charge in [0.1, 0.15) is 17.2 Å². The molecular formula is C23H23N5O3. The van der Waals surface area contributed by atoms with Crippen LogP contribution in [0.2, 0.25) is 0 Å². The van der Waals surface area contributed by atoms with Crippen LogP contribution in [-0.4, -0.2) is 39.1 Å². The Morgan fingerprint density at radius 1 is 1.10 bits per heavy atom. The minimum absolute atomic E-state index is 0.0284. The number of methoxy groups -OCH3 is 1. The first-order valence-electron chi connectivity index (χ1n) is 10.4. The number of rotatable bonds is 4. The first-order valence-corrected chi connectivity index (χ1v) is 10.4. The number of hydrogen-bond acceptors (Lipinski definition) is 6. The standard InChI is InChI=1S/C23H23N5O3/c1-31-17-5-6-18-19(12-17)24-15-27(23(18)30)14-16-7-10-26(11-8-16)21-13-22(29)28-9-3-2-4-20(28)25-21/h2-6,9,12-13,15-16H,7-8,10-11,14H2,1H3. The summed E-state index contributed by atoms with van der Waals surface area (Å²) in [6.07, 6.45) is 5.19. The average Bonchev–Trinajstić information content (AvgIpc) is 2.81. The highest BCUT2D eigenvalue weighted by Gasteiger charge is 2.22. The van der Waals surface area contributed by atoms with Crippen molar-refractivity contribution in [2.75, 3.05) is 25.1 Å². The van der Waals surface area contributed by atoms with Gasteiger partial charge in [-0.3, -0.25) is 18.6 Å². The highest BCUT2D eigenvalue weighted by molar-refractivity contribution is 5.78. The zero-order chi connectivity index (χ0) is 21.4. The van der Waals surface area contributed by atoms with Crippen LogP contribution in [0.15, 0.2) is 64.6 Å². The molecule has 5 rings (SSSR count). The molecule has 8 nitrogen and oxygen atoms in total. The SMILES string of the molecule is COc1ccc2c(=O)n(CC3CCN(c4cc(=O)n5ccccc5n4)CC3)cnc2c1. The molecule has 4 aromatic rings. The van der Waals surface area contributed by atoms with Gasteiger partial charge in [-0.1, -0.05) is 6.07 Å². The third-order valence-corrected chi connectivity index (χ3v) is 5.98. The maximum atomic E-state index is 12.9. The van der Waals surface area contributed by atoms with E-state index in [4.69, 9.17) is 4.74 Å². The lowest BCUT2D eigenvalue weighted by molar-refractivity contribution is 0.351. The van der Waals surface area contributed by atoms with E-state index in [1.165, 1.54) is 0 Å². The molecule has 1 aliphatic heterocycles. The lowest BCUT2D eigenvalue weighted by Crippen LogP contribution is -2.37. The molecule has 0 aliphatic carbocycles. The van der Waals surface area contributed by atoms with E-state index in [9.17, 15) is 9.59 Å². The van der Waals surface area contributed by atoms with E-state index in [2.05, 4.69) is 14.9 Å². The summed E-state index contributed by atoms with van der Waals surface area (Å²) in [5, 5.41) is 0.599. The van der Waals surface area contributed by atoms with Gasteiger partial charge < -0.3 is 9.64 Å². The predicted molar refractivity (Wildman–Crippen MR) is 119 cm³/mol. The van der Waals surface area contributed by atoms with Crippen molar-refractivity contribution in [3.8, 4) is 5.75 Å². The van der Waals surface area contributed by atoms with Crippen molar-refractivity contribution in [2.24, 2.45) is 5.92 Å². The Morgan fingerprint density at radius 3 is 2.74 bits per heavy atom. The van der Waals surface area contributed by atoms with Gasteiger partial charge in [0.15, 0.2) is 0 Å². The van der Waals surface area contributed by atoms with E-state index < -0.39 is 0 Å². The van der Waals surface area contributed by atoms with Gasteiger partial charge >= 0.3 is 0 Å². The molecule has 0 amide bonds. The summed E-state index contributed by atoms with van der Waals surface area (Å²) in [6.45, 7) is 2.23. The van der Waals surface area contributed by atoms with Crippen molar-refractivity contribution in [3.63, 3.8) is 0 Å². The van der Waals surface area contributed by atoms with E-state index in [1.807, 2.05) is 18.2 Å². The third kappa shape index (κ3) is 3.65. The van der Waals surface area contributed by atoms with E-state index in [0.717, 1.165) is 25.9 Å². The largest absolute Gasteiger partial charge is 0.497 e. The lowest BCUT2D eigenvalue weighted by Gasteiger charge is -2.33. The Balaban J connectivity index is 1.31. The second-order valence-electron chi connectivity index (χ2n) is 7.90. The Kier molecular flexibility index (Phi) is 4.89. The summed E-state index contributed by atoms with van der Waals surface area (Å²) in [5.74, 6) is 1.77. The lowest BCUT2D eigenvalue weighted by atomic mass is 9.96. The quantitative estimate of drug-likeness (QED) is 0.507. The van der Waals surface area contributed by atoms with Crippen molar-refractivity contribution in [2.45, 2.75) is 19.4 Å². The van der Waals surface area contributed by atoms with Crippen LogP contribution in [0.4, 0.5) is 5.82 Å². The second-order valence-corrected chi connectivity index (χ2v) is 7.90. The summed E-state index contributed by atoms with van der Waals surface area (Å²) in [6, 6.07) is 12.5. The summed E-state index contributed by atoms with van der Waals surface area (Å²) >= 11 is 0. The Morgan fingerprint density at radius 2 is 1.94 bits per heavy atom. The van der Waals surface area contributed by atoms with Crippen molar-refractivity contribution in [3.05, 3.63) is 75.7 Å². The first-order chi connectivity index (χ1) is 15.1. The smallest absolute Gasteiger partial charge is 0.261 e. The number of anilines is 1. The molecule has 1 aliphatic rings. The van der Waals surface area contributed by atoms with Crippen LogP contribution in [0.5, 0.6) is 5.75 Å². The number of aromatic nitrogens is 4. The molecule has 4 heterocycles. The zero-order valence-corrected chi connectivity index (χ0v) is 17.3. The predicted octanol–water partition coefficient (Wildman–Crippen LogP) is 2.33. The third-order valence-electron chi connectivity index (χ3n) is 5.98. The van der Waals surface area contributed by atoms with Crippen LogP contribution in [-0.2, 0) is 6.54 Å².